The van der Waals surface area contributed by atoms with Gasteiger partial charge < -0.3 is 5.73 Å². The monoisotopic (exact) mass is 335 g/mol. The fourth-order valence-corrected chi connectivity index (χ4v) is 2.82. The van der Waals surface area contributed by atoms with Gasteiger partial charge in [-0.25, -0.2) is 0 Å². The molecule has 108 valence electrons. The van der Waals surface area contributed by atoms with Crippen LogP contribution in [0.25, 0.3) is 0 Å². The van der Waals surface area contributed by atoms with E-state index >= 15 is 0 Å². The van der Waals surface area contributed by atoms with Crippen LogP contribution in [-0.4, -0.2) is 9.78 Å². The Labute approximate surface area is 129 Å². The number of rotatable bonds is 3. The van der Waals surface area contributed by atoms with E-state index in [9.17, 15) is 0 Å². The summed E-state index contributed by atoms with van der Waals surface area (Å²) in [4.78, 5) is 0. The van der Waals surface area contributed by atoms with Crippen LogP contribution in [0.4, 0.5) is 0 Å². The quantitative estimate of drug-likeness (QED) is 0.920. The molecule has 1 unspecified atom stereocenters. The first-order valence-electron chi connectivity index (χ1n) is 6.91. The van der Waals surface area contributed by atoms with Crippen LogP contribution in [0.15, 0.2) is 34.9 Å². The van der Waals surface area contributed by atoms with Crippen LogP contribution in [-0.2, 0) is 12.0 Å². The van der Waals surface area contributed by atoms with Crippen LogP contribution in [0.5, 0.6) is 0 Å². The lowest BCUT2D eigenvalue weighted by Crippen LogP contribution is -2.18. The summed E-state index contributed by atoms with van der Waals surface area (Å²) in [5.74, 6) is 0. The topological polar surface area (TPSA) is 43.8 Å². The Morgan fingerprint density at radius 1 is 1.25 bits per heavy atom. The Morgan fingerprint density at radius 3 is 2.35 bits per heavy atom. The summed E-state index contributed by atoms with van der Waals surface area (Å²) in [6.45, 7) is 9.52. The molecule has 0 fully saturated rings. The van der Waals surface area contributed by atoms with Crippen molar-refractivity contribution in [2.24, 2.45) is 5.73 Å². The molecule has 0 aliphatic heterocycles. The second-order valence-corrected chi connectivity index (χ2v) is 6.90. The molecule has 2 rings (SSSR count). The van der Waals surface area contributed by atoms with Crippen molar-refractivity contribution in [3.8, 4) is 0 Å². The van der Waals surface area contributed by atoms with Crippen molar-refractivity contribution in [3.63, 3.8) is 0 Å². The standard InChI is InChI=1S/C16H22BrN3/c1-5-20-15(13(17)10-19-20)14(18)11-6-8-12(9-7-11)16(2,3)4/h6-10,14H,5,18H2,1-4H3. The number of halogens is 1. The van der Waals surface area contributed by atoms with Crippen LogP contribution < -0.4 is 5.73 Å². The summed E-state index contributed by atoms with van der Waals surface area (Å²) in [7, 11) is 0. The van der Waals surface area contributed by atoms with Crippen molar-refractivity contribution < 1.29 is 0 Å². The minimum Gasteiger partial charge on any atom is -0.319 e. The van der Waals surface area contributed by atoms with Crippen LogP contribution in [0, 0.1) is 0 Å². The predicted molar refractivity (Wildman–Crippen MR) is 86.8 cm³/mol. The van der Waals surface area contributed by atoms with E-state index in [4.69, 9.17) is 5.73 Å². The first-order chi connectivity index (χ1) is 9.34. The summed E-state index contributed by atoms with van der Waals surface area (Å²) < 4.78 is 2.90. The lowest BCUT2D eigenvalue weighted by molar-refractivity contribution is 0.587. The van der Waals surface area contributed by atoms with E-state index in [0.29, 0.717) is 0 Å². The molecule has 0 saturated heterocycles. The predicted octanol–water partition coefficient (Wildman–Crippen LogP) is 4.01. The lowest BCUT2D eigenvalue weighted by Gasteiger charge is -2.20. The van der Waals surface area contributed by atoms with Gasteiger partial charge in [0.2, 0.25) is 0 Å². The summed E-state index contributed by atoms with van der Waals surface area (Å²) in [5.41, 5.74) is 10.0. The Kier molecular flexibility index (Phi) is 4.35. The maximum atomic E-state index is 6.41. The highest BCUT2D eigenvalue weighted by atomic mass is 79.9. The number of aromatic nitrogens is 2. The Balaban J connectivity index is 2.34. The summed E-state index contributed by atoms with van der Waals surface area (Å²) >= 11 is 3.54. The van der Waals surface area contributed by atoms with Crippen molar-refractivity contribution in [2.75, 3.05) is 0 Å². The van der Waals surface area contributed by atoms with Gasteiger partial charge >= 0.3 is 0 Å². The highest BCUT2D eigenvalue weighted by molar-refractivity contribution is 9.10. The van der Waals surface area contributed by atoms with Gasteiger partial charge in [-0.1, -0.05) is 45.0 Å². The molecule has 0 bridgehead atoms. The summed E-state index contributed by atoms with van der Waals surface area (Å²) in [6, 6.07) is 8.39. The number of aryl methyl sites for hydroxylation is 1. The fourth-order valence-electron chi connectivity index (χ4n) is 2.28. The number of benzene rings is 1. The molecule has 0 saturated carbocycles. The van der Waals surface area contributed by atoms with Gasteiger partial charge in [-0.2, -0.15) is 5.10 Å². The van der Waals surface area contributed by atoms with E-state index in [2.05, 4.69) is 73.0 Å². The van der Waals surface area contributed by atoms with Gasteiger partial charge in [0.25, 0.3) is 0 Å². The van der Waals surface area contributed by atoms with Crippen LogP contribution in [0.3, 0.4) is 0 Å². The zero-order chi connectivity index (χ0) is 14.9. The minimum atomic E-state index is -0.166. The molecule has 0 aliphatic rings. The SMILES string of the molecule is CCn1ncc(Br)c1C(N)c1ccc(C(C)(C)C)cc1. The maximum absolute atomic E-state index is 6.41. The molecular formula is C16H22BrN3. The van der Waals surface area contributed by atoms with Gasteiger partial charge in [0, 0.05) is 6.54 Å². The molecule has 0 spiro atoms. The highest BCUT2D eigenvalue weighted by Gasteiger charge is 2.19. The molecule has 1 heterocycles. The van der Waals surface area contributed by atoms with Crippen molar-refractivity contribution in [1.29, 1.82) is 0 Å². The lowest BCUT2D eigenvalue weighted by atomic mass is 9.86. The second-order valence-electron chi connectivity index (χ2n) is 6.04. The van der Waals surface area contributed by atoms with Crippen molar-refractivity contribution in [1.82, 2.24) is 9.78 Å². The summed E-state index contributed by atoms with van der Waals surface area (Å²) in [6.07, 6.45) is 1.81. The van der Waals surface area contributed by atoms with Crippen LogP contribution in [0.2, 0.25) is 0 Å². The molecular weight excluding hydrogens is 314 g/mol. The second kappa shape index (κ2) is 5.70. The average Bonchev–Trinajstić information content (AvgIpc) is 2.78. The van der Waals surface area contributed by atoms with Crippen molar-refractivity contribution >= 4 is 15.9 Å². The van der Waals surface area contributed by atoms with Crippen molar-refractivity contribution in [3.05, 3.63) is 51.8 Å². The van der Waals surface area contributed by atoms with E-state index in [1.54, 1.807) is 0 Å². The zero-order valence-corrected chi connectivity index (χ0v) is 14.1. The van der Waals surface area contributed by atoms with Crippen molar-refractivity contribution in [2.45, 2.75) is 45.7 Å². The third-order valence-electron chi connectivity index (χ3n) is 3.56. The molecule has 1 atom stereocenters. The van der Waals surface area contributed by atoms with Crippen LogP contribution >= 0.6 is 15.9 Å². The van der Waals surface area contributed by atoms with Crippen LogP contribution in [0.1, 0.15) is 50.6 Å². The van der Waals surface area contributed by atoms with Gasteiger partial charge in [-0.05, 0) is 39.4 Å². The molecule has 4 heteroatoms. The fraction of sp³-hybridized carbons (Fsp3) is 0.438. The molecule has 3 nitrogen and oxygen atoms in total. The smallest absolute Gasteiger partial charge is 0.0738 e. The third-order valence-corrected chi connectivity index (χ3v) is 4.17. The molecule has 0 radical (unpaired) electrons. The minimum absolute atomic E-state index is 0.161. The first kappa shape index (κ1) is 15.3. The van der Waals surface area contributed by atoms with Gasteiger partial charge in [-0.15, -0.1) is 0 Å². The van der Waals surface area contributed by atoms with Gasteiger partial charge in [0.1, 0.15) is 0 Å². The van der Waals surface area contributed by atoms with Gasteiger partial charge in [-0.3, -0.25) is 4.68 Å². The molecule has 2 N–H and O–H groups in total. The summed E-state index contributed by atoms with van der Waals surface area (Å²) in [5, 5.41) is 4.33. The Bertz CT molecular complexity index is 579. The Morgan fingerprint density at radius 2 is 1.85 bits per heavy atom. The Hall–Kier alpha value is -1.13. The van der Waals surface area contributed by atoms with E-state index in [1.165, 1.54) is 5.56 Å². The molecule has 20 heavy (non-hydrogen) atoms. The zero-order valence-electron chi connectivity index (χ0n) is 12.5. The number of hydrogen-bond donors (Lipinski definition) is 1. The van der Waals surface area contributed by atoms with Gasteiger partial charge in [0.15, 0.2) is 0 Å². The number of nitrogens with two attached hydrogens (primary N) is 1. The normalized spacial score (nSPS) is 13.5. The van der Waals surface area contributed by atoms with E-state index in [0.717, 1.165) is 22.3 Å². The largest absolute Gasteiger partial charge is 0.319 e. The molecule has 0 amide bonds. The molecule has 0 aliphatic carbocycles. The first-order valence-corrected chi connectivity index (χ1v) is 7.71. The molecule has 2 aromatic rings. The maximum Gasteiger partial charge on any atom is 0.0738 e. The third kappa shape index (κ3) is 2.96. The highest BCUT2D eigenvalue weighted by Crippen LogP contribution is 2.29. The van der Waals surface area contributed by atoms with Gasteiger partial charge in [0.05, 0.1) is 22.4 Å². The average molecular weight is 336 g/mol. The van der Waals surface area contributed by atoms with E-state index < -0.39 is 0 Å². The number of nitrogens with zero attached hydrogens (tertiary/aromatic N) is 2. The molecule has 1 aromatic heterocycles. The molecule has 1 aromatic carbocycles. The number of hydrogen-bond acceptors (Lipinski definition) is 2. The van der Waals surface area contributed by atoms with E-state index in [1.807, 2.05) is 10.9 Å². The van der Waals surface area contributed by atoms with E-state index in [-0.39, 0.29) is 11.5 Å².